The Labute approximate surface area is 135 Å². The molecule has 1 N–H and O–H groups in total. The Morgan fingerprint density at radius 2 is 2.05 bits per heavy atom. The maximum atomic E-state index is 12.3. The van der Waals surface area contributed by atoms with Crippen LogP contribution in [0.3, 0.4) is 0 Å². The summed E-state index contributed by atoms with van der Waals surface area (Å²) in [5.74, 6) is 0.681. The fourth-order valence-corrected chi connectivity index (χ4v) is 4.09. The van der Waals surface area contributed by atoms with E-state index in [1.54, 1.807) is 11.8 Å². The first-order valence-electron chi connectivity index (χ1n) is 7.95. The van der Waals surface area contributed by atoms with Crippen molar-refractivity contribution in [2.24, 2.45) is 0 Å². The zero-order chi connectivity index (χ0) is 15.4. The summed E-state index contributed by atoms with van der Waals surface area (Å²) in [6.07, 6.45) is 2.88. The van der Waals surface area contributed by atoms with Crippen LogP contribution in [0.2, 0.25) is 0 Å². The molecule has 1 aromatic rings. The molecule has 2 heterocycles. The van der Waals surface area contributed by atoms with Gasteiger partial charge in [-0.15, -0.1) is 11.8 Å². The number of hydrogen-bond donors (Lipinski definition) is 1. The van der Waals surface area contributed by atoms with E-state index in [0.29, 0.717) is 18.8 Å². The van der Waals surface area contributed by atoms with Crippen molar-refractivity contribution in [3.8, 4) is 0 Å². The first kappa shape index (κ1) is 15.8. The first-order valence-corrected chi connectivity index (χ1v) is 8.93. The second-order valence-electron chi connectivity index (χ2n) is 6.16. The van der Waals surface area contributed by atoms with E-state index in [0.717, 1.165) is 37.2 Å². The molecular formula is C17H23NO3S. The Hall–Kier alpha value is -1.04. The maximum absolute atomic E-state index is 12.3. The third-order valence-corrected chi connectivity index (χ3v) is 5.60. The van der Waals surface area contributed by atoms with Gasteiger partial charge < -0.3 is 14.7 Å². The van der Waals surface area contributed by atoms with E-state index in [-0.39, 0.29) is 17.6 Å². The van der Waals surface area contributed by atoms with Crippen molar-refractivity contribution in [1.29, 1.82) is 0 Å². The fourth-order valence-electron chi connectivity index (χ4n) is 3.27. The van der Waals surface area contributed by atoms with E-state index in [1.807, 2.05) is 35.2 Å². The van der Waals surface area contributed by atoms with Crippen LogP contribution in [0.4, 0.5) is 0 Å². The number of likely N-dealkylation sites (tertiary alicyclic amines) is 1. The van der Waals surface area contributed by atoms with E-state index in [9.17, 15) is 9.90 Å². The topological polar surface area (TPSA) is 49.8 Å². The van der Waals surface area contributed by atoms with Gasteiger partial charge in [0.15, 0.2) is 0 Å². The zero-order valence-electron chi connectivity index (χ0n) is 12.7. The number of thioether (sulfide) groups is 1. The third-order valence-electron chi connectivity index (χ3n) is 4.60. The summed E-state index contributed by atoms with van der Waals surface area (Å²) >= 11 is 1.59. The molecule has 2 fully saturated rings. The van der Waals surface area contributed by atoms with E-state index in [2.05, 4.69) is 0 Å². The van der Waals surface area contributed by atoms with Crippen LogP contribution < -0.4 is 0 Å². The van der Waals surface area contributed by atoms with Crippen LogP contribution in [0.5, 0.6) is 0 Å². The van der Waals surface area contributed by atoms with Gasteiger partial charge in [0, 0.05) is 31.0 Å². The number of rotatable bonds is 3. The minimum absolute atomic E-state index is 0.193. The molecule has 1 amide bonds. The standard InChI is InChI=1S/C17H23NO3S/c19-14-6-11-21-17(12-14)7-9-18(10-8-17)16(20)13-22-15-4-2-1-3-5-15/h1-5,14,19H,6-13H2. The Balaban J connectivity index is 1.47. The Morgan fingerprint density at radius 3 is 2.73 bits per heavy atom. The predicted octanol–water partition coefficient (Wildman–Crippen LogP) is 2.31. The molecule has 1 spiro atoms. The summed E-state index contributed by atoms with van der Waals surface area (Å²) in [6.45, 7) is 2.11. The van der Waals surface area contributed by atoms with Gasteiger partial charge in [0.1, 0.15) is 0 Å². The Kier molecular flexibility index (Phi) is 5.06. The highest BCUT2D eigenvalue weighted by Gasteiger charge is 2.40. The van der Waals surface area contributed by atoms with E-state index >= 15 is 0 Å². The quantitative estimate of drug-likeness (QED) is 0.868. The number of benzene rings is 1. The van der Waals surface area contributed by atoms with Crippen LogP contribution in [0.15, 0.2) is 35.2 Å². The van der Waals surface area contributed by atoms with Crippen molar-refractivity contribution in [3.63, 3.8) is 0 Å². The highest BCUT2D eigenvalue weighted by atomic mass is 32.2. The molecule has 2 aliphatic heterocycles. The van der Waals surface area contributed by atoms with Crippen LogP contribution >= 0.6 is 11.8 Å². The molecule has 0 radical (unpaired) electrons. The molecule has 3 rings (SSSR count). The molecule has 5 heteroatoms. The number of aliphatic hydroxyl groups excluding tert-OH is 1. The lowest BCUT2D eigenvalue weighted by atomic mass is 9.83. The molecule has 0 saturated carbocycles. The molecular weight excluding hydrogens is 298 g/mol. The van der Waals surface area contributed by atoms with E-state index in [4.69, 9.17) is 4.74 Å². The summed E-state index contributed by atoms with van der Waals surface area (Å²) in [5.41, 5.74) is -0.193. The van der Waals surface area contributed by atoms with Crippen molar-refractivity contribution >= 4 is 17.7 Å². The number of nitrogens with zero attached hydrogens (tertiary/aromatic N) is 1. The molecule has 0 bridgehead atoms. The number of carbonyl (C=O) groups excluding carboxylic acids is 1. The van der Waals surface area contributed by atoms with Crippen molar-refractivity contribution in [3.05, 3.63) is 30.3 Å². The smallest absolute Gasteiger partial charge is 0.232 e. The summed E-state index contributed by atoms with van der Waals surface area (Å²) in [6, 6.07) is 10.0. The van der Waals surface area contributed by atoms with Crippen molar-refractivity contribution < 1.29 is 14.6 Å². The van der Waals surface area contributed by atoms with Gasteiger partial charge in [0.05, 0.1) is 17.5 Å². The average Bonchev–Trinajstić information content (AvgIpc) is 2.54. The molecule has 1 aromatic carbocycles. The maximum Gasteiger partial charge on any atom is 0.232 e. The molecule has 1 atom stereocenters. The minimum Gasteiger partial charge on any atom is -0.393 e. The largest absolute Gasteiger partial charge is 0.393 e. The number of aliphatic hydroxyl groups is 1. The normalized spacial score (nSPS) is 24.4. The average molecular weight is 321 g/mol. The van der Waals surface area contributed by atoms with Gasteiger partial charge in [0.25, 0.3) is 0 Å². The predicted molar refractivity (Wildman–Crippen MR) is 86.9 cm³/mol. The van der Waals surface area contributed by atoms with Crippen molar-refractivity contribution in [2.45, 2.75) is 42.3 Å². The highest BCUT2D eigenvalue weighted by molar-refractivity contribution is 8.00. The SMILES string of the molecule is O=C(CSc1ccccc1)N1CCC2(CC1)CC(O)CCO2. The second kappa shape index (κ2) is 7.02. The lowest BCUT2D eigenvalue weighted by Gasteiger charge is -2.45. The number of amides is 1. The molecule has 2 aliphatic rings. The van der Waals surface area contributed by atoms with Crippen LogP contribution in [0, 0.1) is 0 Å². The van der Waals surface area contributed by atoms with Gasteiger partial charge in [-0.1, -0.05) is 18.2 Å². The Morgan fingerprint density at radius 1 is 1.32 bits per heavy atom. The van der Waals surface area contributed by atoms with Gasteiger partial charge in [-0.2, -0.15) is 0 Å². The second-order valence-corrected chi connectivity index (χ2v) is 7.21. The lowest BCUT2D eigenvalue weighted by molar-refractivity contribution is -0.152. The Bertz CT molecular complexity index is 500. The van der Waals surface area contributed by atoms with E-state index < -0.39 is 0 Å². The van der Waals surface area contributed by atoms with Crippen LogP contribution in [0.25, 0.3) is 0 Å². The van der Waals surface area contributed by atoms with Crippen LogP contribution in [0.1, 0.15) is 25.7 Å². The third kappa shape index (κ3) is 3.83. The summed E-state index contributed by atoms with van der Waals surface area (Å²) < 4.78 is 5.93. The highest BCUT2D eigenvalue weighted by Crippen LogP contribution is 2.35. The molecule has 22 heavy (non-hydrogen) atoms. The van der Waals surface area contributed by atoms with Crippen molar-refractivity contribution in [2.75, 3.05) is 25.4 Å². The molecule has 0 aromatic heterocycles. The monoisotopic (exact) mass is 321 g/mol. The van der Waals surface area contributed by atoms with Gasteiger partial charge in [-0.05, 0) is 31.4 Å². The molecule has 120 valence electrons. The summed E-state index contributed by atoms with van der Waals surface area (Å²) in [7, 11) is 0. The number of piperidine rings is 1. The summed E-state index contributed by atoms with van der Waals surface area (Å²) in [5, 5.41) is 9.85. The summed E-state index contributed by atoms with van der Waals surface area (Å²) in [4.78, 5) is 15.4. The molecule has 0 aliphatic carbocycles. The minimum atomic E-state index is -0.246. The van der Waals surface area contributed by atoms with Gasteiger partial charge in [-0.3, -0.25) is 4.79 Å². The van der Waals surface area contributed by atoms with Crippen molar-refractivity contribution in [1.82, 2.24) is 4.90 Å². The van der Waals surface area contributed by atoms with Crippen LogP contribution in [-0.4, -0.2) is 53.1 Å². The van der Waals surface area contributed by atoms with E-state index in [1.165, 1.54) is 0 Å². The first-order chi connectivity index (χ1) is 10.7. The molecule has 4 nitrogen and oxygen atoms in total. The van der Waals surface area contributed by atoms with Gasteiger partial charge >= 0.3 is 0 Å². The van der Waals surface area contributed by atoms with Gasteiger partial charge in [0.2, 0.25) is 5.91 Å². The number of ether oxygens (including phenoxy) is 1. The van der Waals surface area contributed by atoms with Crippen LogP contribution in [-0.2, 0) is 9.53 Å². The molecule has 1 unspecified atom stereocenters. The van der Waals surface area contributed by atoms with Gasteiger partial charge in [-0.25, -0.2) is 0 Å². The lowest BCUT2D eigenvalue weighted by Crippen LogP contribution is -2.52. The fraction of sp³-hybridized carbons (Fsp3) is 0.588. The zero-order valence-corrected chi connectivity index (χ0v) is 13.6. The number of hydrogen-bond acceptors (Lipinski definition) is 4. The number of carbonyl (C=O) groups is 1. The molecule has 2 saturated heterocycles.